The lowest BCUT2D eigenvalue weighted by molar-refractivity contribution is 0.0333. The van der Waals surface area contributed by atoms with E-state index in [1.165, 1.54) is 58.7 Å². The lowest BCUT2D eigenvalue weighted by Crippen LogP contribution is -2.43. The largest absolute Gasteiger partial charge is 0.379 e. The van der Waals surface area contributed by atoms with Gasteiger partial charge in [-0.3, -0.25) is 4.90 Å². The first kappa shape index (κ1) is 18.1. The molecule has 0 aliphatic carbocycles. The quantitative estimate of drug-likeness (QED) is 0.650. The van der Waals surface area contributed by atoms with Crippen LogP contribution in [0.4, 0.5) is 0 Å². The minimum atomic E-state index is 0.894. The van der Waals surface area contributed by atoms with Crippen LogP contribution >= 0.6 is 0 Å². The SMILES string of the molecule is CN(C)CCN1CCC(CN(C)CCN2CCOCC2)CC1. The van der Waals surface area contributed by atoms with E-state index in [9.17, 15) is 0 Å². The van der Waals surface area contributed by atoms with Gasteiger partial charge in [0.05, 0.1) is 13.2 Å². The van der Waals surface area contributed by atoms with Gasteiger partial charge in [0.15, 0.2) is 0 Å². The van der Waals surface area contributed by atoms with Gasteiger partial charge < -0.3 is 19.4 Å². The monoisotopic (exact) mass is 312 g/mol. The van der Waals surface area contributed by atoms with Gasteiger partial charge in [-0.2, -0.15) is 0 Å². The summed E-state index contributed by atoms with van der Waals surface area (Å²) in [5, 5.41) is 0. The van der Waals surface area contributed by atoms with Gasteiger partial charge in [0.1, 0.15) is 0 Å². The number of rotatable bonds is 8. The molecule has 2 saturated heterocycles. The molecule has 0 radical (unpaired) electrons. The standard InChI is InChI=1S/C17H36N4O/c1-18(2)8-10-20-6-4-17(5-7-20)16-19(3)9-11-21-12-14-22-15-13-21/h17H,4-16H2,1-3H3. The topological polar surface area (TPSA) is 22.2 Å². The second kappa shape index (κ2) is 9.83. The molecule has 5 heteroatoms. The normalized spacial score (nSPS) is 22.8. The molecule has 0 amide bonds. The minimum absolute atomic E-state index is 0.894. The van der Waals surface area contributed by atoms with Crippen LogP contribution in [0, 0.1) is 5.92 Å². The molecule has 0 saturated carbocycles. The van der Waals surface area contributed by atoms with Crippen molar-refractivity contribution in [3.05, 3.63) is 0 Å². The van der Waals surface area contributed by atoms with Crippen molar-refractivity contribution in [3.63, 3.8) is 0 Å². The molecular formula is C17H36N4O. The third-order valence-corrected chi connectivity index (χ3v) is 5.04. The molecule has 2 aliphatic heterocycles. The third kappa shape index (κ3) is 6.92. The molecule has 5 nitrogen and oxygen atoms in total. The summed E-state index contributed by atoms with van der Waals surface area (Å²) >= 11 is 0. The molecule has 0 aromatic carbocycles. The van der Waals surface area contributed by atoms with Crippen molar-refractivity contribution in [3.8, 4) is 0 Å². The predicted molar refractivity (Wildman–Crippen MR) is 92.5 cm³/mol. The maximum atomic E-state index is 5.41. The van der Waals surface area contributed by atoms with Crippen LogP contribution in [0.1, 0.15) is 12.8 Å². The number of hydrogen-bond acceptors (Lipinski definition) is 5. The second-order valence-electron chi connectivity index (χ2n) is 7.30. The molecule has 2 aliphatic rings. The fourth-order valence-corrected chi connectivity index (χ4v) is 3.40. The second-order valence-corrected chi connectivity index (χ2v) is 7.30. The van der Waals surface area contributed by atoms with Crippen LogP contribution in [-0.2, 0) is 4.74 Å². The molecule has 2 heterocycles. The van der Waals surface area contributed by atoms with E-state index in [0.717, 1.165) is 32.2 Å². The third-order valence-electron chi connectivity index (χ3n) is 5.04. The molecule has 0 unspecified atom stereocenters. The molecule has 0 bridgehead atoms. The van der Waals surface area contributed by atoms with Gasteiger partial charge in [-0.05, 0) is 53.0 Å². The van der Waals surface area contributed by atoms with E-state index in [-0.39, 0.29) is 0 Å². The Labute approximate surface area is 137 Å². The van der Waals surface area contributed by atoms with Gasteiger partial charge >= 0.3 is 0 Å². The van der Waals surface area contributed by atoms with Crippen LogP contribution in [0.15, 0.2) is 0 Å². The molecule has 22 heavy (non-hydrogen) atoms. The van der Waals surface area contributed by atoms with E-state index in [2.05, 4.69) is 40.7 Å². The number of nitrogens with zero attached hydrogens (tertiary/aromatic N) is 4. The number of piperidine rings is 1. The van der Waals surface area contributed by atoms with Crippen molar-refractivity contribution in [2.24, 2.45) is 5.92 Å². The van der Waals surface area contributed by atoms with Crippen molar-refractivity contribution in [2.75, 3.05) is 93.3 Å². The number of morpholine rings is 1. The highest BCUT2D eigenvalue weighted by molar-refractivity contribution is 4.75. The lowest BCUT2D eigenvalue weighted by atomic mass is 9.96. The van der Waals surface area contributed by atoms with Crippen LogP contribution in [0.3, 0.4) is 0 Å². The molecule has 0 atom stereocenters. The molecule has 0 spiro atoms. The Morgan fingerprint density at radius 2 is 1.45 bits per heavy atom. The van der Waals surface area contributed by atoms with Gasteiger partial charge in [-0.25, -0.2) is 0 Å². The van der Waals surface area contributed by atoms with Crippen LogP contribution in [-0.4, -0.2) is 113 Å². The number of ether oxygens (including phenoxy) is 1. The van der Waals surface area contributed by atoms with E-state index < -0.39 is 0 Å². The highest BCUT2D eigenvalue weighted by Gasteiger charge is 2.20. The van der Waals surface area contributed by atoms with Gasteiger partial charge in [0, 0.05) is 45.8 Å². The van der Waals surface area contributed by atoms with Crippen molar-refractivity contribution in [1.29, 1.82) is 0 Å². The first-order valence-corrected chi connectivity index (χ1v) is 8.99. The van der Waals surface area contributed by atoms with E-state index in [0.29, 0.717) is 0 Å². The Bertz CT molecular complexity index is 286. The summed E-state index contributed by atoms with van der Waals surface area (Å²) in [6, 6.07) is 0. The van der Waals surface area contributed by atoms with Crippen LogP contribution in [0.25, 0.3) is 0 Å². The number of hydrogen-bond donors (Lipinski definition) is 0. The Morgan fingerprint density at radius 3 is 2.09 bits per heavy atom. The van der Waals surface area contributed by atoms with Crippen molar-refractivity contribution in [1.82, 2.24) is 19.6 Å². The van der Waals surface area contributed by atoms with Crippen molar-refractivity contribution in [2.45, 2.75) is 12.8 Å². The smallest absolute Gasteiger partial charge is 0.0594 e. The fraction of sp³-hybridized carbons (Fsp3) is 1.00. The number of likely N-dealkylation sites (tertiary alicyclic amines) is 1. The minimum Gasteiger partial charge on any atom is -0.379 e. The summed E-state index contributed by atoms with van der Waals surface area (Å²) in [6.45, 7) is 12.7. The average molecular weight is 313 g/mol. The highest BCUT2D eigenvalue weighted by Crippen LogP contribution is 2.17. The Hall–Kier alpha value is -0.200. The molecule has 0 N–H and O–H groups in total. The first-order chi connectivity index (χ1) is 10.6. The van der Waals surface area contributed by atoms with E-state index in [4.69, 9.17) is 4.74 Å². The van der Waals surface area contributed by atoms with Crippen LogP contribution in [0.2, 0.25) is 0 Å². The summed E-state index contributed by atoms with van der Waals surface area (Å²) in [5.74, 6) is 0.894. The molecule has 0 aromatic heterocycles. The first-order valence-electron chi connectivity index (χ1n) is 8.99. The van der Waals surface area contributed by atoms with E-state index >= 15 is 0 Å². The van der Waals surface area contributed by atoms with Crippen LogP contribution < -0.4 is 0 Å². The average Bonchev–Trinajstić information content (AvgIpc) is 2.53. The van der Waals surface area contributed by atoms with Crippen LogP contribution in [0.5, 0.6) is 0 Å². The lowest BCUT2D eigenvalue weighted by Gasteiger charge is -2.35. The Morgan fingerprint density at radius 1 is 0.864 bits per heavy atom. The Balaban J connectivity index is 1.55. The summed E-state index contributed by atoms with van der Waals surface area (Å²) < 4.78 is 5.41. The summed E-state index contributed by atoms with van der Waals surface area (Å²) in [5.41, 5.74) is 0. The van der Waals surface area contributed by atoms with E-state index in [1.54, 1.807) is 0 Å². The predicted octanol–water partition coefficient (Wildman–Crippen LogP) is 0.524. The highest BCUT2D eigenvalue weighted by atomic mass is 16.5. The molecule has 0 aromatic rings. The van der Waals surface area contributed by atoms with E-state index in [1.807, 2.05) is 0 Å². The van der Waals surface area contributed by atoms with Crippen molar-refractivity contribution < 1.29 is 4.74 Å². The molecular weight excluding hydrogens is 276 g/mol. The summed E-state index contributed by atoms with van der Waals surface area (Å²) in [7, 11) is 6.62. The zero-order valence-electron chi connectivity index (χ0n) is 15.0. The Kier molecular flexibility index (Phi) is 8.11. The molecule has 2 fully saturated rings. The maximum Gasteiger partial charge on any atom is 0.0594 e. The zero-order valence-corrected chi connectivity index (χ0v) is 15.0. The summed E-state index contributed by atoms with van der Waals surface area (Å²) in [4.78, 5) is 9.98. The molecule has 2 rings (SSSR count). The fourth-order valence-electron chi connectivity index (χ4n) is 3.40. The zero-order chi connectivity index (χ0) is 15.8. The summed E-state index contributed by atoms with van der Waals surface area (Å²) in [6.07, 6.45) is 2.74. The van der Waals surface area contributed by atoms with Gasteiger partial charge in [-0.15, -0.1) is 0 Å². The number of likely N-dealkylation sites (N-methyl/N-ethyl adjacent to an activating group) is 2. The molecule has 130 valence electrons. The van der Waals surface area contributed by atoms with Crippen molar-refractivity contribution >= 4 is 0 Å². The van der Waals surface area contributed by atoms with Gasteiger partial charge in [0.25, 0.3) is 0 Å². The maximum absolute atomic E-state index is 5.41. The van der Waals surface area contributed by atoms with Gasteiger partial charge in [-0.1, -0.05) is 0 Å². The van der Waals surface area contributed by atoms with Gasteiger partial charge in [0.2, 0.25) is 0 Å².